The van der Waals surface area contributed by atoms with Gasteiger partial charge in [0, 0.05) is 0 Å². The van der Waals surface area contributed by atoms with E-state index in [4.69, 9.17) is 13.9 Å². The first kappa shape index (κ1) is 17.1. The average molecular weight is 348 g/mol. The van der Waals surface area contributed by atoms with Gasteiger partial charge in [-0.1, -0.05) is 0 Å². The zero-order chi connectivity index (χ0) is 18.0. The first-order chi connectivity index (χ1) is 12.0. The lowest BCUT2D eigenvalue weighted by atomic mass is 10.0. The second-order valence-electron chi connectivity index (χ2n) is 5.97. The van der Waals surface area contributed by atoms with Crippen molar-refractivity contribution in [1.82, 2.24) is 10.6 Å². The van der Waals surface area contributed by atoms with E-state index in [-0.39, 0.29) is 36.4 Å². The summed E-state index contributed by atoms with van der Waals surface area (Å²) >= 11 is 0. The van der Waals surface area contributed by atoms with Gasteiger partial charge in [-0.05, 0) is 38.8 Å². The number of carbonyl (C=O) groups excluding carboxylic acids is 3. The molecule has 1 fully saturated rings. The van der Waals surface area contributed by atoms with E-state index in [9.17, 15) is 14.4 Å². The first-order valence-electron chi connectivity index (χ1n) is 8.20. The molecule has 3 rings (SSSR count). The quantitative estimate of drug-likeness (QED) is 0.758. The lowest BCUT2D eigenvalue weighted by Gasteiger charge is -2.27. The van der Waals surface area contributed by atoms with Crippen molar-refractivity contribution in [1.29, 1.82) is 0 Å². The summed E-state index contributed by atoms with van der Waals surface area (Å²) in [6.07, 6.45) is 1.62. The summed E-state index contributed by atoms with van der Waals surface area (Å²) in [5, 5.41) is 5.18. The van der Waals surface area contributed by atoms with E-state index in [0.29, 0.717) is 11.5 Å². The van der Waals surface area contributed by atoms with Crippen LogP contribution in [0.4, 0.5) is 4.79 Å². The van der Waals surface area contributed by atoms with Gasteiger partial charge in [0.1, 0.15) is 24.2 Å². The minimum atomic E-state index is -0.809. The molecule has 1 aliphatic carbocycles. The van der Waals surface area contributed by atoms with E-state index in [1.165, 1.54) is 0 Å². The monoisotopic (exact) mass is 348 g/mol. The fourth-order valence-electron chi connectivity index (χ4n) is 2.58. The largest absolute Gasteiger partial charge is 0.464 e. The molecule has 2 aliphatic rings. The highest BCUT2D eigenvalue weighted by Crippen LogP contribution is 2.32. The third kappa shape index (κ3) is 3.84. The Morgan fingerprint density at radius 1 is 1.28 bits per heavy atom. The summed E-state index contributed by atoms with van der Waals surface area (Å²) in [5.41, 5.74) is 0.370. The maximum Gasteiger partial charge on any atom is 0.338 e. The molecular formula is C17H20N2O6. The maximum atomic E-state index is 12.4. The Balaban J connectivity index is 1.91. The van der Waals surface area contributed by atoms with E-state index in [1.807, 2.05) is 0 Å². The van der Waals surface area contributed by atoms with Crippen LogP contribution in [0.5, 0.6) is 0 Å². The second-order valence-corrected chi connectivity index (χ2v) is 5.97. The van der Waals surface area contributed by atoms with Gasteiger partial charge in [-0.2, -0.15) is 0 Å². The molecule has 2 heterocycles. The average Bonchev–Trinajstić information content (AvgIpc) is 3.33. The zero-order valence-corrected chi connectivity index (χ0v) is 14.1. The minimum Gasteiger partial charge on any atom is -0.464 e. The van der Waals surface area contributed by atoms with Crippen LogP contribution >= 0.6 is 0 Å². The van der Waals surface area contributed by atoms with Crippen LogP contribution in [0, 0.1) is 12.8 Å². The number of nitrogens with one attached hydrogen (secondary N) is 2. The van der Waals surface area contributed by atoms with Crippen LogP contribution in [-0.2, 0) is 19.1 Å². The number of aryl methyl sites for hydroxylation is 1. The predicted octanol–water partition coefficient (Wildman–Crippen LogP) is 1.71. The molecule has 1 aromatic rings. The van der Waals surface area contributed by atoms with Gasteiger partial charge in [-0.15, -0.1) is 0 Å². The van der Waals surface area contributed by atoms with E-state index in [1.54, 1.807) is 26.0 Å². The molecule has 2 amide bonds. The Hall–Kier alpha value is -2.77. The number of carbonyl (C=O) groups is 3. The lowest BCUT2D eigenvalue weighted by molar-refractivity contribution is -0.145. The number of furan rings is 1. The molecule has 25 heavy (non-hydrogen) atoms. The zero-order valence-electron chi connectivity index (χ0n) is 14.1. The van der Waals surface area contributed by atoms with Crippen LogP contribution in [0.25, 0.3) is 0 Å². The van der Waals surface area contributed by atoms with Gasteiger partial charge in [0.2, 0.25) is 0 Å². The van der Waals surface area contributed by atoms with Crippen molar-refractivity contribution in [2.45, 2.75) is 32.7 Å². The maximum absolute atomic E-state index is 12.4. The minimum absolute atomic E-state index is 0.0763. The van der Waals surface area contributed by atoms with Crippen LogP contribution in [0.1, 0.15) is 37.3 Å². The van der Waals surface area contributed by atoms with Gasteiger partial charge in [0.15, 0.2) is 0 Å². The van der Waals surface area contributed by atoms with Crippen LogP contribution < -0.4 is 10.6 Å². The van der Waals surface area contributed by atoms with Crippen LogP contribution in [0.3, 0.4) is 0 Å². The number of rotatable bonds is 6. The summed E-state index contributed by atoms with van der Waals surface area (Å²) in [7, 11) is 0. The van der Waals surface area contributed by atoms with Crippen molar-refractivity contribution in [2.75, 3.05) is 13.2 Å². The molecule has 1 aliphatic heterocycles. The van der Waals surface area contributed by atoms with E-state index in [2.05, 4.69) is 10.6 Å². The fourth-order valence-corrected chi connectivity index (χ4v) is 2.58. The molecule has 2 N–H and O–H groups in total. The Morgan fingerprint density at radius 3 is 2.64 bits per heavy atom. The molecule has 1 aromatic heterocycles. The summed E-state index contributed by atoms with van der Waals surface area (Å²) in [6, 6.07) is 2.10. The summed E-state index contributed by atoms with van der Waals surface area (Å²) in [6.45, 7) is 3.42. The van der Waals surface area contributed by atoms with Crippen molar-refractivity contribution in [3.63, 3.8) is 0 Å². The molecule has 8 heteroatoms. The molecule has 0 aromatic carbocycles. The molecule has 1 atom stereocenters. The highest BCUT2D eigenvalue weighted by Gasteiger charge is 2.37. The van der Waals surface area contributed by atoms with Gasteiger partial charge in [-0.3, -0.25) is 4.79 Å². The standard InChI is InChI=1S/C17H20N2O6/c1-3-23-16(21)13-11(8-24-15(20)10-5-6-10)18-17(22)19-14(13)12-7-4-9(2)25-12/h4,7,10,14H,3,5-6,8H2,1-2H3,(H2,18,19,22). The fraction of sp³-hybridized carbons (Fsp3) is 0.471. The number of ether oxygens (including phenoxy) is 2. The van der Waals surface area contributed by atoms with Gasteiger partial charge in [0.05, 0.1) is 23.8 Å². The van der Waals surface area contributed by atoms with E-state index < -0.39 is 18.0 Å². The molecule has 0 saturated heterocycles. The number of hydrogen-bond donors (Lipinski definition) is 2. The van der Waals surface area contributed by atoms with Gasteiger partial charge < -0.3 is 24.5 Å². The first-order valence-corrected chi connectivity index (χ1v) is 8.20. The number of esters is 2. The Bertz CT molecular complexity index is 731. The third-order valence-corrected chi connectivity index (χ3v) is 3.96. The van der Waals surface area contributed by atoms with Crippen LogP contribution in [0.2, 0.25) is 0 Å². The van der Waals surface area contributed by atoms with Crippen molar-refractivity contribution in [3.05, 3.63) is 34.9 Å². The number of hydrogen-bond acceptors (Lipinski definition) is 6. The van der Waals surface area contributed by atoms with E-state index >= 15 is 0 Å². The van der Waals surface area contributed by atoms with Gasteiger partial charge in [0.25, 0.3) is 0 Å². The van der Waals surface area contributed by atoms with Crippen LogP contribution in [-0.4, -0.2) is 31.2 Å². The normalized spacial score (nSPS) is 19.9. The third-order valence-electron chi connectivity index (χ3n) is 3.96. The molecular weight excluding hydrogens is 328 g/mol. The molecule has 1 saturated carbocycles. The second kappa shape index (κ2) is 7.00. The Kier molecular flexibility index (Phi) is 4.78. The van der Waals surface area contributed by atoms with Crippen molar-refractivity contribution < 1.29 is 28.3 Å². The highest BCUT2D eigenvalue weighted by atomic mass is 16.5. The van der Waals surface area contributed by atoms with Crippen molar-refractivity contribution >= 4 is 18.0 Å². The van der Waals surface area contributed by atoms with Gasteiger partial charge >= 0.3 is 18.0 Å². The Morgan fingerprint density at radius 2 is 2.04 bits per heavy atom. The predicted molar refractivity (Wildman–Crippen MR) is 85.2 cm³/mol. The summed E-state index contributed by atoms with van der Waals surface area (Å²) < 4.78 is 15.9. The molecule has 134 valence electrons. The highest BCUT2D eigenvalue weighted by molar-refractivity contribution is 5.95. The molecule has 8 nitrogen and oxygen atoms in total. The number of urea groups is 1. The molecule has 1 unspecified atom stereocenters. The summed E-state index contributed by atoms with van der Waals surface area (Å²) in [4.78, 5) is 36.2. The lowest BCUT2D eigenvalue weighted by Crippen LogP contribution is -2.47. The Labute approximate surface area is 144 Å². The van der Waals surface area contributed by atoms with Gasteiger partial charge in [-0.25, -0.2) is 9.59 Å². The molecule has 0 radical (unpaired) electrons. The number of amides is 2. The molecule has 0 spiro atoms. The topological polar surface area (TPSA) is 107 Å². The van der Waals surface area contributed by atoms with Crippen LogP contribution in [0.15, 0.2) is 27.8 Å². The van der Waals surface area contributed by atoms with E-state index in [0.717, 1.165) is 12.8 Å². The van der Waals surface area contributed by atoms with Crippen molar-refractivity contribution in [3.8, 4) is 0 Å². The SMILES string of the molecule is CCOC(=O)C1=C(COC(=O)C2CC2)NC(=O)NC1c1ccc(C)o1. The summed E-state index contributed by atoms with van der Waals surface area (Å²) in [5.74, 6) is 0.0436. The smallest absolute Gasteiger partial charge is 0.338 e. The van der Waals surface area contributed by atoms with Crippen molar-refractivity contribution in [2.24, 2.45) is 5.92 Å². The molecule has 0 bridgehead atoms.